The van der Waals surface area contributed by atoms with Crippen LogP contribution in [0.4, 0.5) is 10.5 Å². The van der Waals surface area contributed by atoms with Gasteiger partial charge < -0.3 is 15.5 Å². The number of nitrogen functional groups attached to an aromatic ring is 1. The van der Waals surface area contributed by atoms with Crippen molar-refractivity contribution in [3.8, 4) is 0 Å². The monoisotopic (exact) mass is 259 g/mol. The minimum absolute atomic E-state index is 0.191. The van der Waals surface area contributed by atoms with E-state index in [1.807, 2.05) is 28.0 Å². The highest BCUT2D eigenvalue weighted by Crippen LogP contribution is 2.26. The Morgan fingerprint density at radius 3 is 2.37 bits per heavy atom. The van der Waals surface area contributed by atoms with Gasteiger partial charge >= 0.3 is 6.03 Å². The van der Waals surface area contributed by atoms with Crippen molar-refractivity contribution in [3.05, 3.63) is 29.3 Å². The van der Waals surface area contributed by atoms with E-state index in [2.05, 4.69) is 0 Å². The third-order valence-corrected chi connectivity index (χ3v) is 4.10. The van der Waals surface area contributed by atoms with Crippen molar-refractivity contribution in [2.24, 2.45) is 0 Å². The molecule has 0 atom stereocenters. The lowest BCUT2D eigenvalue weighted by molar-refractivity contribution is 0.154. The fraction of sp³-hybridized carbons (Fsp3) is 0.533. The van der Waals surface area contributed by atoms with Gasteiger partial charge in [0.2, 0.25) is 0 Å². The van der Waals surface area contributed by atoms with Crippen LogP contribution >= 0.6 is 0 Å². The number of benzene rings is 1. The molecule has 0 bridgehead atoms. The first-order valence-electron chi connectivity index (χ1n) is 7.15. The van der Waals surface area contributed by atoms with Crippen molar-refractivity contribution >= 4 is 11.7 Å². The summed E-state index contributed by atoms with van der Waals surface area (Å²) in [5, 5.41) is 0. The highest BCUT2D eigenvalue weighted by molar-refractivity contribution is 5.75. The molecule has 0 unspecified atom stereocenters. The summed E-state index contributed by atoms with van der Waals surface area (Å²) < 4.78 is 0. The van der Waals surface area contributed by atoms with E-state index >= 15 is 0 Å². The molecule has 2 amide bonds. The average Bonchev–Trinajstić information content (AvgIpc) is 2.64. The Kier molecular flexibility index (Phi) is 3.32. The number of fused-ring (bicyclic) bond motifs is 1. The van der Waals surface area contributed by atoms with Gasteiger partial charge in [0.15, 0.2) is 0 Å². The molecular weight excluding hydrogens is 238 g/mol. The third kappa shape index (κ3) is 2.53. The Bertz CT molecular complexity index is 478. The number of hydrogen-bond donors (Lipinski definition) is 1. The van der Waals surface area contributed by atoms with Crippen molar-refractivity contribution in [2.75, 3.05) is 18.8 Å². The summed E-state index contributed by atoms with van der Waals surface area (Å²) in [6.45, 7) is 3.25. The Hall–Kier alpha value is -1.71. The highest BCUT2D eigenvalue weighted by atomic mass is 16.2. The summed E-state index contributed by atoms with van der Waals surface area (Å²) in [6, 6.07) is 6.14. The van der Waals surface area contributed by atoms with Gasteiger partial charge in [-0.15, -0.1) is 0 Å². The molecule has 1 aromatic carbocycles. The molecule has 1 saturated heterocycles. The Morgan fingerprint density at radius 2 is 1.63 bits per heavy atom. The van der Waals surface area contributed by atoms with E-state index < -0.39 is 0 Å². The van der Waals surface area contributed by atoms with E-state index in [0.717, 1.165) is 38.2 Å². The molecule has 102 valence electrons. The largest absolute Gasteiger partial charge is 0.399 e. The molecule has 4 nitrogen and oxygen atoms in total. The van der Waals surface area contributed by atoms with Crippen molar-refractivity contribution in [1.29, 1.82) is 0 Å². The first-order chi connectivity index (χ1) is 9.24. The number of nitrogens with zero attached hydrogens (tertiary/aromatic N) is 2. The van der Waals surface area contributed by atoms with Gasteiger partial charge in [0.1, 0.15) is 0 Å². The Morgan fingerprint density at radius 1 is 0.947 bits per heavy atom. The number of anilines is 1. The minimum atomic E-state index is 0.191. The molecule has 4 heteroatoms. The van der Waals surface area contributed by atoms with Crippen LogP contribution in [-0.4, -0.2) is 28.9 Å². The summed E-state index contributed by atoms with van der Waals surface area (Å²) >= 11 is 0. The molecule has 0 aliphatic carbocycles. The van der Waals surface area contributed by atoms with Crippen LogP contribution in [0.2, 0.25) is 0 Å². The second-order valence-electron chi connectivity index (χ2n) is 5.57. The zero-order valence-corrected chi connectivity index (χ0v) is 11.3. The summed E-state index contributed by atoms with van der Waals surface area (Å²) in [4.78, 5) is 16.5. The van der Waals surface area contributed by atoms with Gasteiger partial charge in [-0.05, 0) is 36.1 Å². The molecule has 2 aliphatic rings. The number of rotatable bonds is 0. The van der Waals surface area contributed by atoms with Crippen LogP contribution in [0.15, 0.2) is 18.2 Å². The normalized spacial score (nSPS) is 19.2. The van der Waals surface area contributed by atoms with Crippen LogP contribution < -0.4 is 5.73 Å². The molecule has 0 radical (unpaired) electrons. The van der Waals surface area contributed by atoms with Gasteiger partial charge in [-0.25, -0.2) is 4.79 Å². The molecule has 19 heavy (non-hydrogen) atoms. The maximum absolute atomic E-state index is 12.5. The topological polar surface area (TPSA) is 49.6 Å². The van der Waals surface area contributed by atoms with Gasteiger partial charge in [-0.2, -0.15) is 0 Å². The molecule has 1 aromatic rings. The number of nitrogens with two attached hydrogens (primary N) is 1. The molecule has 0 aromatic heterocycles. The number of carbonyl (C=O) groups excluding carboxylic acids is 1. The van der Waals surface area contributed by atoms with E-state index in [1.165, 1.54) is 24.0 Å². The van der Waals surface area contributed by atoms with Crippen molar-refractivity contribution in [2.45, 2.75) is 38.8 Å². The zero-order chi connectivity index (χ0) is 13.2. The smallest absolute Gasteiger partial charge is 0.320 e. The molecule has 3 rings (SSSR count). The average molecular weight is 259 g/mol. The van der Waals surface area contributed by atoms with Gasteiger partial charge in [0.05, 0.1) is 0 Å². The number of amides is 2. The molecular formula is C15H21N3O. The second kappa shape index (κ2) is 5.11. The summed E-state index contributed by atoms with van der Waals surface area (Å²) in [7, 11) is 0. The lowest BCUT2D eigenvalue weighted by Crippen LogP contribution is -2.41. The second-order valence-corrected chi connectivity index (χ2v) is 5.57. The minimum Gasteiger partial charge on any atom is -0.399 e. The van der Waals surface area contributed by atoms with Crippen molar-refractivity contribution < 1.29 is 4.79 Å². The molecule has 0 spiro atoms. The van der Waals surface area contributed by atoms with Gasteiger partial charge in [0, 0.05) is 31.9 Å². The molecule has 2 aliphatic heterocycles. The predicted molar refractivity (Wildman–Crippen MR) is 75.5 cm³/mol. The molecule has 0 saturated carbocycles. The maximum atomic E-state index is 12.5. The molecule has 1 fully saturated rings. The van der Waals surface area contributed by atoms with Gasteiger partial charge in [-0.1, -0.05) is 18.9 Å². The van der Waals surface area contributed by atoms with Crippen LogP contribution in [0, 0.1) is 0 Å². The van der Waals surface area contributed by atoms with E-state index in [-0.39, 0.29) is 6.03 Å². The third-order valence-electron chi connectivity index (χ3n) is 4.10. The van der Waals surface area contributed by atoms with Gasteiger partial charge in [0.25, 0.3) is 0 Å². The van der Waals surface area contributed by atoms with Crippen molar-refractivity contribution in [1.82, 2.24) is 9.80 Å². The van der Waals surface area contributed by atoms with E-state index in [1.54, 1.807) is 0 Å². The van der Waals surface area contributed by atoms with E-state index in [9.17, 15) is 4.79 Å². The van der Waals surface area contributed by atoms with Crippen LogP contribution in [0.3, 0.4) is 0 Å². The van der Waals surface area contributed by atoms with Gasteiger partial charge in [-0.3, -0.25) is 0 Å². The van der Waals surface area contributed by atoms with Crippen LogP contribution in [0.5, 0.6) is 0 Å². The number of hydrogen-bond acceptors (Lipinski definition) is 2. The first kappa shape index (κ1) is 12.3. The number of urea groups is 1. The van der Waals surface area contributed by atoms with E-state index in [4.69, 9.17) is 5.73 Å². The quantitative estimate of drug-likeness (QED) is 0.728. The fourth-order valence-electron chi connectivity index (χ4n) is 3.01. The highest BCUT2D eigenvalue weighted by Gasteiger charge is 2.27. The summed E-state index contributed by atoms with van der Waals surface area (Å²) in [5.74, 6) is 0. The van der Waals surface area contributed by atoms with Crippen LogP contribution in [0.1, 0.15) is 36.8 Å². The standard InChI is InChI=1S/C15H21N3O/c16-14-6-5-12-10-18(11-13(12)9-14)15(19)17-7-3-1-2-4-8-17/h5-6,9H,1-4,7-8,10-11,16H2. The summed E-state index contributed by atoms with van der Waals surface area (Å²) in [5.41, 5.74) is 9.01. The molecule has 2 heterocycles. The van der Waals surface area contributed by atoms with Crippen molar-refractivity contribution in [3.63, 3.8) is 0 Å². The van der Waals surface area contributed by atoms with Crippen LogP contribution in [0.25, 0.3) is 0 Å². The summed E-state index contributed by atoms with van der Waals surface area (Å²) in [6.07, 6.45) is 4.78. The number of likely N-dealkylation sites (tertiary alicyclic amines) is 1. The lowest BCUT2D eigenvalue weighted by atomic mass is 10.1. The Balaban J connectivity index is 1.69. The number of carbonyl (C=O) groups is 1. The SMILES string of the molecule is Nc1ccc2c(c1)CN(C(=O)N1CCCCCC1)C2. The zero-order valence-electron chi connectivity index (χ0n) is 11.3. The maximum Gasteiger partial charge on any atom is 0.320 e. The van der Waals surface area contributed by atoms with Crippen LogP contribution in [-0.2, 0) is 13.1 Å². The van der Waals surface area contributed by atoms with E-state index in [0.29, 0.717) is 6.54 Å². The fourth-order valence-corrected chi connectivity index (χ4v) is 3.01. The predicted octanol–water partition coefficient (Wildman–Crippen LogP) is 2.58. The molecule has 2 N–H and O–H groups in total. The lowest BCUT2D eigenvalue weighted by Gasteiger charge is -2.26. The Labute approximate surface area is 114 Å². The first-order valence-corrected chi connectivity index (χ1v) is 7.15.